The number of nitrogens with zero attached hydrogens (tertiary/aromatic N) is 2. The number of fused-ring (bicyclic) bond motifs is 1. The second-order valence-electron chi connectivity index (χ2n) is 6.87. The van der Waals surface area contributed by atoms with Crippen LogP contribution in [0.1, 0.15) is 79.3 Å². The van der Waals surface area contributed by atoms with Crippen molar-refractivity contribution in [3.8, 4) is 0 Å². The van der Waals surface area contributed by atoms with E-state index in [4.69, 9.17) is 0 Å². The normalized spacial score (nSPS) is 21.6. The molecule has 3 atom stereocenters. The molecular weight excluding hydrogens is 268 g/mol. The van der Waals surface area contributed by atoms with Crippen molar-refractivity contribution < 1.29 is 0 Å². The van der Waals surface area contributed by atoms with E-state index >= 15 is 0 Å². The average Bonchev–Trinajstić information content (AvgIpc) is 2.85. The fourth-order valence-electron chi connectivity index (χ4n) is 3.79. The zero-order valence-electron chi connectivity index (χ0n) is 14.1. The van der Waals surface area contributed by atoms with Gasteiger partial charge >= 0.3 is 0 Å². The molecule has 0 aromatic carbocycles. The highest BCUT2D eigenvalue weighted by Crippen LogP contribution is 2.42. The Balaban J connectivity index is 1.86. The summed E-state index contributed by atoms with van der Waals surface area (Å²) in [5.74, 6) is 1.83. The van der Waals surface area contributed by atoms with Gasteiger partial charge in [-0.1, -0.05) is 26.8 Å². The van der Waals surface area contributed by atoms with Crippen LogP contribution in [-0.4, -0.2) is 9.97 Å². The van der Waals surface area contributed by atoms with Gasteiger partial charge in [-0.15, -0.1) is 0 Å². The van der Waals surface area contributed by atoms with Crippen molar-refractivity contribution in [1.29, 1.82) is 0 Å². The van der Waals surface area contributed by atoms with Crippen molar-refractivity contribution in [2.24, 2.45) is 0 Å². The highest BCUT2D eigenvalue weighted by atomic mass is 14.7. The first-order valence-corrected chi connectivity index (χ1v) is 8.49. The summed E-state index contributed by atoms with van der Waals surface area (Å²) >= 11 is 0. The molecule has 0 saturated carbocycles. The summed E-state index contributed by atoms with van der Waals surface area (Å²) < 4.78 is 0. The largest absolute Gasteiger partial charge is 0.264 e. The highest BCUT2D eigenvalue weighted by Gasteiger charge is 2.28. The summed E-state index contributed by atoms with van der Waals surface area (Å²) in [5.41, 5.74) is 6.90. The number of aryl methyl sites for hydroxylation is 1. The quantitative estimate of drug-likeness (QED) is 0.781. The molecule has 0 unspecified atom stereocenters. The molecule has 0 radical (unpaired) electrons. The van der Waals surface area contributed by atoms with Crippen LogP contribution in [0.2, 0.25) is 0 Å². The second-order valence-corrected chi connectivity index (χ2v) is 6.87. The van der Waals surface area contributed by atoms with Gasteiger partial charge < -0.3 is 0 Å². The van der Waals surface area contributed by atoms with E-state index in [1.165, 1.54) is 40.8 Å². The van der Waals surface area contributed by atoms with Crippen molar-refractivity contribution in [3.05, 3.63) is 58.7 Å². The van der Waals surface area contributed by atoms with Gasteiger partial charge in [-0.05, 0) is 72.3 Å². The van der Waals surface area contributed by atoms with Gasteiger partial charge in [0.05, 0.1) is 0 Å². The maximum atomic E-state index is 4.65. The van der Waals surface area contributed by atoms with Crippen LogP contribution >= 0.6 is 0 Å². The number of rotatable bonds is 4. The third kappa shape index (κ3) is 2.79. The molecule has 0 bridgehead atoms. The van der Waals surface area contributed by atoms with Crippen molar-refractivity contribution in [2.45, 2.75) is 64.7 Å². The predicted octanol–water partition coefficient (Wildman–Crippen LogP) is 5.13. The highest BCUT2D eigenvalue weighted by molar-refractivity contribution is 5.37. The van der Waals surface area contributed by atoms with Crippen LogP contribution in [0.25, 0.3) is 0 Å². The molecule has 0 N–H and O–H groups in total. The lowest BCUT2D eigenvalue weighted by Crippen LogP contribution is -2.04. The molecule has 0 amide bonds. The summed E-state index contributed by atoms with van der Waals surface area (Å²) in [7, 11) is 0. The van der Waals surface area contributed by atoms with Gasteiger partial charge in [-0.25, -0.2) is 0 Å². The van der Waals surface area contributed by atoms with Crippen molar-refractivity contribution in [2.75, 3.05) is 0 Å². The third-order valence-corrected chi connectivity index (χ3v) is 5.30. The number of pyridine rings is 2. The van der Waals surface area contributed by atoms with Crippen molar-refractivity contribution in [1.82, 2.24) is 9.97 Å². The molecule has 116 valence electrons. The van der Waals surface area contributed by atoms with E-state index in [1.807, 2.05) is 6.20 Å². The van der Waals surface area contributed by atoms with E-state index in [9.17, 15) is 0 Å². The topological polar surface area (TPSA) is 25.8 Å². The zero-order chi connectivity index (χ0) is 15.7. The van der Waals surface area contributed by atoms with Crippen LogP contribution in [0.15, 0.2) is 30.7 Å². The summed E-state index contributed by atoms with van der Waals surface area (Å²) in [5, 5.41) is 0. The summed E-state index contributed by atoms with van der Waals surface area (Å²) in [6.45, 7) is 9.00. The Morgan fingerprint density at radius 2 is 2.09 bits per heavy atom. The number of aromatic nitrogens is 2. The Morgan fingerprint density at radius 3 is 2.86 bits per heavy atom. The molecule has 0 fully saturated rings. The molecule has 2 aromatic rings. The van der Waals surface area contributed by atoms with E-state index in [2.05, 4.69) is 62.2 Å². The van der Waals surface area contributed by atoms with Crippen LogP contribution in [0.3, 0.4) is 0 Å². The van der Waals surface area contributed by atoms with Gasteiger partial charge in [0.15, 0.2) is 0 Å². The summed E-state index contributed by atoms with van der Waals surface area (Å²) in [6.07, 6.45) is 9.54. The lowest BCUT2D eigenvalue weighted by atomic mass is 9.91. The molecule has 0 aliphatic heterocycles. The molecule has 0 saturated heterocycles. The Morgan fingerprint density at radius 1 is 1.27 bits per heavy atom. The Labute approximate surface area is 134 Å². The molecule has 0 spiro atoms. The van der Waals surface area contributed by atoms with E-state index in [0.717, 1.165) is 6.42 Å². The van der Waals surface area contributed by atoms with E-state index in [0.29, 0.717) is 17.8 Å². The predicted molar refractivity (Wildman–Crippen MR) is 91.4 cm³/mol. The second kappa shape index (κ2) is 6.20. The maximum Gasteiger partial charge on any atom is 0.0407 e. The van der Waals surface area contributed by atoms with Gasteiger partial charge in [0.2, 0.25) is 0 Å². The molecule has 22 heavy (non-hydrogen) atoms. The van der Waals surface area contributed by atoms with E-state index in [1.54, 1.807) is 0 Å². The minimum absolute atomic E-state index is 0.587. The Bertz CT molecular complexity index is 663. The average molecular weight is 294 g/mol. The van der Waals surface area contributed by atoms with Gasteiger partial charge in [-0.3, -0.25) is 9.97 Å². The standard InChI is InChI=1S/C20H26N2/c1-5-13(2)19-10-16(11-22-15(19)4)9-17-8-14(3)18-6-7-21-12-20(17)18/h6-7,10-14,17H,5,8-9H2,1-4H3/t13-,14-,17-/m1/s1. The maximum absolute atomic E-state index is 4.65. The molecule has 2 nitrogen and oxygen atoms in total. The SMILES string of the molecule is CC[C@@H](C)c1cc(C[C@H]2C[C@@H](C)c3ccncc32)cnc1C. The third-order valence-electron chi connectivity index (χ3n) is 5.30. The first-order valence-electron chi connectivity index (χ1n) is 8.49. The first-order chi connectivity index (χ1) is 10.6. The number of hydrogen-bond donors (Lipinski definition) is 0. The summed E-state index contributed by atoms with van der Waals surface area (Å²) in [6, 6.07) is 4.58. The molecule has 1 aliphatic carbocycles. The fraction of sp³-hybridized carbons (Fsp3) is 0.500. The molecule has 2 heteroatoms. The van der Waals surface area contributed by atoms with Crippen molar-refractivity contribution in [3.63, 3.8) is 0 Å². The fourth-order valence-corrected chi connectivity index (χ4v) is 3.79. The Hall–Kier alpha value is -1.70. The van der Waals surface area contributed by atoms with Gasteiger partial charge in [0, 0.05) is 24.3 Å². The first kappa shape index (κ1) is 15.2. The van der Waals surface area contributed by atoms with Crippen LogP contribution in [0.5, 0.6) is 0 Å². The molecule has 1 aliphatic rings. The van der Waals surface area contributed by atoms with E-state index < -0.39 is 0 Å². The molecular formula is C20H26N2. The lowest BCUT2D eigenvalue weighted by Gasteiger charge is -2.16. The molecule has 2 heterocycles. The zero-order valence-corrected chi connectivity index (χ0v) is 14.1. The van der Waals surface area contributed by atoms with Gasteiger partial charge in [0.1, 0.15) is 0 Å². The van der Waals surface area contributed by atoms with Crippen LogP contribution in [0, 0.1) is 6.92 Å². The van der Waals surface area contributed by atoms with Crippen LogP contribution in [-0.2, 0) is 6.42 Å². The van der Waals surface area contributed by atoms with Crippen molar-refractivity contribution >= 4 is 0 Å². The summed E-state index contributed by atoms with van der Waals surface area (Å²) in [4.78, 5) is 8.99. The molecule has 2 aromatic heterocycles. The van der Waals surface area contributed by atoms with Gasteiger partial charge in [0.25, 0.3) is 0 Å². The monoisotopic (exact) mass is 294 g/mol. The Kier molecular flexibility index (Phi) is 4.28. The lowest BCUT2D eigenvalue weighted by molar-refractivity contribution is 0.612. The number of hydrogen-bond acceptors (Lipinski definition) is 2. The van der Waals surface area contributed by atoms with Crippen LogP contribution < -0.4 is 0 Å². The van der Waals surface area contributed by atoms with E-state index in [-0.39, 0.29) is 0 Å². The smallest absolute Gasteiger partial charge is 0.0407 e. The van der Waals surface area contributed by atoms with Gasteiger partial charge in [-0.2, -0.15) is 0 Å². The van der Waals surface area contributed by atoms with Crippen LogP contribution in [0.4, 0.5) is 0 Å². The minimum Gasteiger partial charge on any atom is -0.264 e. The minimum atomic E-state index is 0.587. The molecule has 3 rings (SSSR count).